The molecule has 5 nitrogen and oxygen atoms in total. The van der Waals surface area contributed by atoms with E-state index in [2.05, 4.69) is 15.6 Å². The van der Waals surface area contributed by atoms with Crippen LogP contribution in [0.2, 0.25) is 0 Å². The van der Waals surface area contributed by atoms with Gasteiger partial charge in [-0.15, -0.1) is 0 Å². The SMILES string of the molecule is Nc1cccnc1NCCCNC(=O)C1CCC1. The van der Waals surface area contributed by atoms with Gasteiger partial charge in [0.25, 0.3) is 0 Å². The molecule has 1 aliphatic carbocycles. The third kappa shape index (κ3) is 3.35. The van der Waals surface area contributed by atoms with Crippen molar-refractivity contribution in [3.05, 3.63) is 18.3 Å². The molecule has 0 aliphatic heterocycles. The van der Waals surface area contributed by atoms with Crippen molar-refractivity contribution in [2.45, 2.75) is 25.7 Å². The molecule has 0 spiro atoms. The summed E-state index contributed by atoms with van der Waals surface area (Å²) < 4.78 is 0. The lowest BCUT2D eigenvalue weighted by Crippen LogP contribution is -2.35. The zero-order chi connectivity index (χ0) is 12.8. The standard InChI is InChI=1S/C13H20N4O/c14-11-6-2-7-15-12(11)16-8-3-9-17-13(18)10-4-1-5-10/h2,6-7,10H,1,3-5,8-9,14H2,(H,15,16)(H,17,18). The van der Waals surface area contributed by atoms with Crippen LogP contribution in [0.3, 0.4) is 0 Å². The van der Waals surface area contributed by atoms with Gasteiger partial charge in [-0.3, -0.25) is 4.79 Å². The van der Waals surface area contributed by atoms with Crippen LogP contribution in [0.5, 0.6) is 0 Å². The van der Waals surface area contributed by atoms with Crippen LogP contribution in [0.15, 0.2) is 18.3 Å². The Morgan fingerprint density at radius 2 is 2.28 bits per heavy atom. The first-order chi connectivity index (χ1) is 8.77. The molecule has 0 radical (unpaired) electrons. The van der Waals surface area contributed by atoms with Gasteiger partial charge in [0.15, 0.2) is 0 Å². The summed E-state index contributed by atoms with van der Waals surface area (Å²) >= 11 is 0. The van der Waals surface area contributed by atoms with Gasteiger partial charge in [-0.1, -0.05) is 6.42 Å². The summed E-state index contributed by atoms with van der Waals surface area (Å²) in [6.07, 6.45) is 5.87. The van der Waals surface area contributed by atoms with Crippen molar-refractivity contribution in [1.82, 2.24) is 10.3 Å². The zero-order valence-corrected chi connectivity index (χ0v) is 10.5. The Morgan fingerprint density at radius 3 is 2.94 bits per heavy atom. The van der Waals surface area contributed by atoms with E-state index in [-0.39, 0.29) is 11.8 Å². The number of rotatable bonds is 6. The van der Waals surface area contributed by atoms with E-state index in [9.17, 15) is 4.79 Å². The van der Waals surface area contributed by atoms with Crippen molar-refractivity contribution >= 4 is 17.4 Å². The minimum absolute atomic E-state index is 0.207. The van der Waals surface area contributed by atoms with E-state index in [0.717, 1.165) is 25.8 Å². The highest BCUT2D eigenvalue weighted by Crippen LogP contribution is 2.26. The summed E-state index contributed by atoms with van der Waals surface area (Å²) in [5.41, 5.74) is 6.40. The molecule has 4 N–H and O–H groups in total. The van der Waals surface area contributed by atoms with Gasteiger partial charge in [-0.05, 0) is 31.4 Å². The number of nitrogens with one attached hydrogen (secondary N) is 2. The number of carbonyl (C=O) groups is 1. The minimum atomic E-state index is 0.207. The van der Waals surface area contributed by atoms with E-state index in [1.807, 2.05) is 6.07 Å². The van der Waals surface area contributed by atoms with Gasteiger partial charge in [-0.25, -0.2) is 4.98 Å². The van der Waals surface area contributed by atoms with Crippen LogP contribution in [0, 0.1) is 5.92 Å². The lowest BCUT2D eigenvalue weighted by atomic mass is 9.85. The normalized spacial score (nSPS) is 14.9. The fourth-order valence-corrected chi connectivity index (χ4v) is 1.89. The quantitative estimate of drug-likeness (QED) is 0.664. The highest BCUT2D eigenvalue weighted by Gasteiger charge is 2.24. The van der Waals surface area contributed by atoms with Crippen molar-refractivity contribution < 1.29 is 4.79 Å². The smallest absolute Gasteiger partial charge is 0.223 e. The number of hydrogen-bond acceptors (Lipinski definition) is 4. The molecule has 1 heterocycles. The highest BCUT2D eigenvalue weighted by molar-refractivity contribution is 5.79. The number of nitrogens with two attached hydrogens (primary N) is 1. The molecule has 0 atom stereocenters. The summed E-state index contributed by atoms with van der Waals surface area (Å²) in [6.45, 7) is 1.46. The number of anilines is 2. The Kier molecular flexibility index (Phi) is 4.39. The summed E-state index contributed by atoms with van der Waals surface area (Å²) in [5, 5.41) is 6.11. The average molecular weight is 248 g/mol. The van der Waals surface area contributed by atoms with Crippen LogP contribution < -0.4 is 16.4 Å². The Labute approximate surface area is 107 Å². The maximum atomic E-state index is 11.5. The van der Waals surface area contributed by atoms with E-state index in [0.29, 0.717) is 18.1 Å². The Morgan fingerprint density at radius 1 is 1.44 bits per heavy atom. The van der Waals surface area contributed by atoms with Crippen molar-refractivity contribution in [1.29, 1.82) is 0 Å². The third-order valence-electron chi connectivity index (χ3n) is 3.26. The van der Waals surface area contributed by atoms with Crippen molar-refractivity contribution in [2.24, 2.45) is 5.92 Å². The number of pyridine rings is 1. The lowest BCUT2D eigenvalue weighted by Gasteiger charge is -2.24. The number of nitrogens with zero attached hydrogens (tertiary/aromatic N) is 1. The number of carbonyl (C=O) groups excluding carboxylic acids is 1. The molecular weight excluding hydrogens is 228 g/mol. The fourth-order valence-electron chi connectivity index (χ4n) is 1.89. The first kappa shape index (κ1) is 12.7. The van der Waals surface area contributed by atoms with Crippen LogP contribution in [0.25, 0.3) is 0 Å². The Hall–Kier alpha value is -1.78. The Balaban J connectivity index is 1.58. The van der Waals surface area contributed by atoms with E-state index in [4.69, 9.17) is 5.73 Å². The van der Waals surface area contributed by atoms with E-state index in [1.165, 1.54) is 6.42 Å². The van der Waals surface area contributed by atoms with Crippen molar-refractivity contribution in [3.63, 3.8) is 0 Å². The summed E-state index contributed by atoms with van der Waals surface area (Å²) in [4.78, 5) is 15.7. The molecule has 0 saturated heterocycles. The molecule has 1 aromatic heterocycles. The predicted molar refractivity (Wildman–Crippen MR) is 72.1 cm³/mol. The number of nitrogen functional groups attached to an aromatic ring is 1. The predicted octanol–water partition coefficient (Wildman–Crippen LogP) is 1.38. The number of amides is 1. The monoisotopic (exact) mass is 248 g/mol. The lowest BCUT2D eigenvalue weighted by molar-refractivity contribution is -0.127. The molecule has 1 aromatic rings. The van der Waals surface area contributed by atoms with Gasteiger partial charge in [-0.2, -0.15) is 0 Å². The number of hydrogen-bond donors (Lipinski definition) is 3. The molecule has 1 amide bonds. The van der Waals surface area contributed by atoms with Crippen LogP contribution in [-0.2, 0) is 4.79 Å². The fraction of sp³-hybridized carbons (Fsp3) is 0.538. The van der Waals surface area contributed by atoms with Crippen LogP contribution in [0.1, 0.15) is 25.7 Å². The molecule has 1 fully saturated rings. The molecule has 1 aliphatic rings. The van der Waals surface area contributed by atoms with Gasteiger partial charge in [0, 0.05) is 25.2 Å². The molecule has 0 unspecified atom stereocenters. The van der Waals surface area contributed by atoms with Gasteiger partial charge in [0.1, 0.15) is 5.82 Å². The van der Waals surface area contributed by atoms with Crippen LogP contribution in [-0.4, -0.2) is 24.0 Å². The molecule has 98 valence electrons. The zero-order valence-electron chi connectivity index (χ0n) is 10.5. The van der Waals surface area contributed by atoms with E-state index >= 15 is 0 Å². The summed E-state index contributed by atoms with van der Waals surface area (Å²) in [6, 6.07) is 3.62. The maximum Gasteiger partial charge on any atom is 0.223 e. The van der Waals surface area contributed by atoms with Crippen molar-refractivity contribution in [2.75, 3.05) is 24.1 Å². The molecule has 1 saturated carbocycles. The number of aromatic nitrogens is 1. The van der Waals surface area contributed by atoms with E-state index < -0.39 is 0 Å². The second kappa shape index (κ2) is 6.23. The molecule has 0 bridgehead atoms. The van der Waals surface area contributed by atoms with Gasteiger partial charge in [0.2, 0.25) is 5.91 Å². The largest absolute Gasteiger partial charge is 0.396 e. The Bertz CT molecular complexity index is 404. The average Bonchev–Trinajstić information content (AvgIpc) is 2.28. The van der Waals surface area contributed by atoms with Crippen LogP contribution in [0.4, 0.5) is 11.5 Å². The topological polar surface area (TPSA) is 80.0 Å². The van der Waals surface area contributed by atoms with Crippen molar-refractivity contribution in [3.8, 4) is 0 Å². The maximum absolute atomic E-state index is 11.5. The summed E-state index contributed by atoms with van der Waals surface area (Å²) in [7, 11) is 0. The van der Waals surface area contributed by atoms with Gasteiger partial charge in [0.05, 0.1) is 5.69 Å². The highest BCUT2D eigenvalue weighted by atomic mass is 16.1. The first-order valence-electron chi connectivity index (χ1n) is 6.49. The second-order valence-corrected chi connectivity index (χ2v) is 4.64. The molecular formula is C13H20N4O. The third-order valence-corrected chi connectivity index (χ3v) is 3.26. The summed E-state index contributed by atoms with van der Waals surface area (Å²) in [5.74, 6) is 1.19. The van der Waals surface area contributed by atoms with Gasteiger partial charge < -0.3 is 16.4 Å². The van der Waals surface area contributed by atoms with E-state index in [1.54, 1.807) is 12.3 Å². The second-order valence-electron chi connectivity index (χ2n) is 4.64. The van der Waals surface area contributed by atoms with Crippen LogP contribution >= 0.6 is 0 Å². The molecule has 5 heteroatoms. The molecule has 0 aromatic carbocycles. The molecule has 2 rings (SSSR count). The minimum Gasteiger partial charge on any atom is -0.396 e. The first-order valence-corrected chi connectivity index (χ1v) is 6.49. The molecule has 18 heavy (non-hydrogen) atoms. The van der Waals surface area contributed by atoms with Gasteiger partial charge >= 0.3 is 0 Å².